The second-order valence-corrected chi connectivity index (χ2v) is 10.9. The van der Waals surface area contributed by atoms with Gasteiger partial charge in [0.1, 0.15) is 0 Å². The minimum atomic E-state index is 0.0422. The Morgan fingerprint density at radius 2 is 1.40 bits per heavy atom. The van der Waals surface area contributed by atoms with Gasteiger partial charge in [-0.15, -0.1) is 0 Å². The van der Waals surface area contributed by atoms with Crippen LogP contribution in [0.4, 0.5) is 0 Å². The highest BCUT2D eigenvalue weighted by molar-refractivity contribution is 6.00. The third-order valence-corrected chi connectivity index (χ3v) is 6.11. The minimum absolute atomic E-state index is 0.0422. The van der Waals surface area contributed by atoms with Crippen molar-refractivity contribution in [3.05, 3.63) is 70.3 Å². The fourth-order valence-corrected chi connectivity index (χ4v) is 3.81. The Bertz CT molecular complexity index is 917. The summed E-state index contributed by atoms with van der Waals surface area (Å²) in [5.41, 5.74) is 5.36. The highest BCUT2D eigenvalue weighted by Crippen LogP contribution is 2.35. The number of ketones is 2. The van der Waals surface area contributed by atoms with Gasteiger partial charge in [-0.25, -0.2) is 0 Å². The van der Waals surface area contributed by atoms with Crippen molar-refractivity contribution >= 4 is 11.6 Å². The molecule has 0 saturated heterocycles. The molecule has 0 amide bonds. The van der Waals surface area contributed by atoms with Gasteiger partial charge in [-0.1, -0.05) is 84.0 Å². The lowest BCUT2D eigenvalue weighted by molar-refractivity contribution is 0.0965. The van der Waals surface area contributed by atoms with Gasteiger partial charge >= 0.3 is 0 Å². The zero-order valence-corrected chi connectivity index (χ0v) is 19.5. The Labute approximate surface area is 182 Å². The summed E-state index contributed by atoms with van der Waals surface area (Å²) in [4.78, 5) is 25.4. The number of benzene rings is 2. The summed E-state index contributed by atoms with van der Waals surface area (Å²) in [6.45, 7) is 13.1. The second-order valence-electron chi connectivity index (χ2n) is 10.9. The van der Waals surface area contributed by atoms with Crippen molar-refractivity contribution in [1.82, 2.24) is 0 Å². The lowest BCUT2D eigenvalue weighted by Crippen LogP contribution is -2.14. The zero-order valence-electron chi connectivity index (χ0n) is 19.5. The maximum absolute atomic E-state index is 12.8. The Balaban J connectivity index is 1.69. The predicted molar refractivity (Wildman–Crippen MR) is 125 cm³/mol. The van der Waals surface area contributed by atoms with Gasteiger partial charge < -0.3 is 0 Å². The first kappa shape index (κ1) is 22.5. The monoisotopic (exact) mass is 404 g/mol. The van der Waals surface area contributed by atoms with Crippen molar-refractivity contribution in [3.8, 4) is 0 Å². The summed E-state index contributed by atoms with van der Waals surface area (Å²) in [5, 5.41) is 0. The van der Waals surface area contributed by atoms with E-state index in [1.54, 1.807) is 0 Å². The molecule has 0 N–H and O–H groups in total. The number of carbonyl (C=O) groups is 2. The van der Waals surface area contributed by atoms with Crippen molar-refractivity contribution in [2.24, 2.45) is 5.92 Å². The van der Waals surface area contributed by atoms with E-state index in [1.165, 1.54) is 11.1 Å². The fourth-order valence-electron chi connectivity index (χ4n) is 3.81. The summed E-state index contributed by atoms with van der Waals surface area (Å²) in [5.74, 6) is 0.680. The number of carbonyl (C=O) groups excluding carboxylic acids is 2. The molecule has 1 fully saturated rings. The molecule has 3 rings (SSSR count). The highest BCUT2D eigenvalue weighted by Gasteiger charge is 2.32. The summed E-state index contributed by atoms with van der Waals surface area (Å²) in [6, 6.07) is 14.3. The van der Waals surface area contributed by atoms with Gasteiger partial charge in [0.2, 0.25) is 0 Å². The predicted octanol–water partition coefficient (Wildman–Crippen LogP) is 7.08. The van der Waals surface area contributed by atoms with Crippen LogP contribution in [0.1, 0.15) is 105 Å². The molecule has 2 aromatic rings. The second kappa shape index (κ2) is 8.49. The van der Waals surface area contributed by atoms with Crippen molar-refractivity contribution in [1.29, 1.82) is 0 Å². The molecule has 0 bridgehead atoms. The molecule has 30 heavy (non-hydrogen) atoms. The SMILES string of the molecule is CC(C)(C)c1ccc(C(=O)CCCc2cc(C(C)(C)C)ccc2C(=O)C2CC2)cc1. The highest BCUT2D eigenvalue weighted by atomic mass is 16.1. The van der Waals surface area contributed by atoms with Crippen molar-refractivity contribution in [2.75, 3.05) is 0 Å². The summed E-state index contributed by atoms with van der Waals surface area (Å²) >= 11 is 0. The first-order chi connectivity index (χ1) is 14.0. The molecule has 1 aliphatic carbocycles. The van der Waals surface area contributed by atoms with Gasteiger partial charge in [-0.2, -0.15) is 0 Å². The largest absolute Gasteiger partial charge is 0.294 e. The molecule has 2 aromatic carbocycles. The summed E-state index contributed by atoms with van der Waals surface area (Å²) in [7, 11) is 0. The minimum Gasteiger partial charge on any atom is -0.294 e. The van der Waals surface area contributed by atoms with E-state index in [9.17, 15) is 9.59 Å². The Morgan fingerprint density at radius 1 is 0.833 bits per heavy atom. The molecule has 1 aliphatic rings. The van der Waals surface area contributed by atoms with Crippen LogP contribution in [-0.2, 0) is 17.3 Å². The molecule has 0 unspecified atom stereocenters. The van der Waals surface area contributed by atoms with E-state index < -0.39 is 0 Å². The van der Waals surface area contributed by atoms with Crippen LogP contribution in [0.5, 0.6) is 0 Å². The Hall–Kier alpha value is -2.22. The third kappa shape index (κ3) is 5.47. The average molecular weight is 405 g/mol. The lowest BCUT2D eigenvalue weighted by atomic mass is 9.83. The Morgan fingerprint density at radius 3 is 1.93 bits per heavy atom. The van der Waals surface area contributed by atoms with Gasteiger partial charge in [-0.3, -0.25) is 9.59 Å². The molecule has 0 atom stereocenters. The van der Waals surface area contributed by atoms with Crippen LogP contribution in [0.3, 0.4) is 0 Å². The summed E-state index contributed by atoms with van der Waals surface area (Å²) in [6.07, 6.45) is 4.07. The van der Waals surface area contributed by atoms with Crippen molar-refractivity contribution < 1.29 is 9.59 Å². The molecule has 2 heteroatoms. The van der Waals surface area contributed by atoms with Gasteiger partial charge in [-0.05, 0) is 53.2 Å². The van der Waals surface area contributed by atoms with E-state index in [4.69, 9.17) is 0 Å². The van der Waals surface area contributed by atoms with Crippen LogP contribution >= 0.6 is 0 Å². The molecule has 0 spiro atoms. The number of Topliss-reactive ketones (excluding diaryl/α,β-unsaturated/α-hetero) is 2. The van der Waals surface area contributed by atoms with E-state index in [0.29, 0.717) is 6.42 Å². The van der Waals surface area contributed by atoms with Crippen LogP contribution in [0, 0.1) is 5.92 Å². The molecule has 0 radical (unpaired) electrons. The molecule has 0 aliphatic heterocycles. The third-order valence-electron chi connectivity index (χ3n) is 6.11. The number of aryl methyl sites for hydroxylation is 1. The van der Waals surface area contributed by atoms with E-state index in [-0.39, 0.29) is 28.3 Å². The fraction of sp³-hybridized carbons (Fsp3) is 0.500. The van der Waals surface area contributed by atoms with E-state index >= 15 is 0 Å². The van der Waals surface area contributed by atoms with Crippen molar-refractivity contribution in [3.63, 3.8) is 0 Å². The van der Waals surface area contributed by atoms with Crippen LogP contribution in [0.2, 0.25) is 0 Å². The topological polar surface area (TPSA) is 34.1 Å². The van der Waals surface area contributed by atoms with Crippen molar-refractivity contribution in [2.45, 2.75) is 84.5 Å². The molecule has 0 heterocycles. The van der Waals surface area contributed by atoms with Gasteiger partial charge in [0.25, 0.3) is 0 Å². The first-order valence-corrected chi connectivity index (χ1v) is 11.3. The maximum Gasteiger partial charge on any atom is 0.166 e. The lowest BCUT2D eigenvalue weighted by Gasteiger charge is -2.21. The quantitative estimate of drug-likeness (QED) is 0.462. The first-order valence-electron chi connectivity index (χ1n) is 11.3. The van der Waals surface area contributed by atoms with Crippen LogP contribution < -0.4 is 0 Å². The van der Waals surface area contributed by atoms with Crippen LogP contribution in [0.15, 0.2) is 42.5 Å². The molecule has 1 saturated carbocycles. The summed E-state index contributed by atoms with van der Waals surface area (Å²) < 4.78 is 0. The van der Waals surface area contributed by atoms with Gasteiger partial charge in [0, 0.05) is 23.5 Å². The van der Waals surface area contributed by atoms with Crippen LogP contribution in [-0.4, -0.2) is 11.6 Å². The number of hydrogen-bond acceptors (Lipinski definition) is 2. The number of hydrogen-bond donors (Lipinski definition) is 0. The Kier molecular flexibility index (Phi) is 6.36. The zero-order chi connectivity index (χ0) is 22.1. The normalized spacial score (nSPS) is 14.6. The molecule has 160 valence electrons. The van der Waals surface area contributed by atoms with Crippen LogP contribution in [0.25, 0.3) is 0 Å². The molecule has 0 aromatic heterocycles. The van der Waals surface area contributed by atoms with E-state index in [0.717, 1.165) is 42.4 Å². The molecular formula is C28H36O2. The molecule has 2 nitrogen and oxygen atoms in total. The van der Waals surface area contributed by atoms with E-state index in [1.807, 2.05) is 18.2 Å². The van der Waals surface area contributed by atoms with Gasteiger partial charge in [0.05, 0.1) is 0 Å². The smallest absolute Gasteiger partial charge is 0.166 e. The van der Waals surface area contributed by atoms with E-state index in [2.05, 4.69) is 65.8 Å². The number of rotatable bonds is 7. The average Bonchev–Trinajstić information content (AvgIpc) is 3.51. The molecular weight excluding hydrogens is 368 g/mol. The van der Waals surface area contributed by atoms with Gasteiger partial charge in [0.15, 0.2) is 11.6 Å². The maximum atomic E-state index is 12.8. The standard InChI is InChI=1S/C28H36O2/c1-27(2,3)22-14-12-19(13-15-22)25(29)9-7-8-21-18-23(28(4,5)6)16-17-24(21)26(30)20-10-11-20/h12-18,20H,7-11H2,1-6H3.